The Bertz CT molecular complexity index is 1280. The lowest BCUT2D eigenvalue weighted by Crippen LogP contribution is -2.27. The van der Waals surface area contributed by atoms with Crippen LogP contribution in [0.2, 0.25) is 0 Å². The third-order valence-corrected chi connectivity index (χ3v) is 5.86. The molecule has 4 aromatic rings. The van der Waals surface area contributed by atoms with Gasteiger partial charge in [0.05, 0.1) is 18.5 Å². The molecule has 0 radical (unpaired) electrons. The van der Waals surface area contributed by atoms with Crippen molar-refractivity contribution in [3.05, 3.63) is 76.3 Å². The van der Waals surface area contributed by atoms with Crippen LogP contribution in [0.3, 0.4) is 0 Å². The van der Waals surface area contributed by atoms with Crippen molar-refractivity contribution in [2.24, 2.45) is 0 Å². The van der Waals surface area contributed by atoms with Crippen molar-refractivity contribution in [2.75, 3.05) is 14.2 Å². The van der Waals surface area contributed by atoms with E-state index in [0.29, 0.717) is 17.9 Å². The first-order chi connectivity index (χ1) is 14.8. The summed E-state index contributed by atoms with van der Waals surface area (Å²) in [6.07, 6.45) is 0. The summed E-state index contributed by atoms with van der Waals surface area (Å²) in [7, 11) is 3.41. The normalized spacial score (nSPS) is 11.2. The molecule has 0 N–H and O–H groups in total. The Morgan fingerprint density at radius 3 is 2.58 bits per heavy atom. The maximum atomic E-state index is 13.2. The Kier molecular flexibility index (Phi) is 5.31. The molecule has 2 heterocycles. The smallest absolute Gasteiger partial charge is 0.289 e. The largest absolute Gasteiger partial charge is 0.497 e. The summed E-state index contributed by atoms with van der Waals surface area (Å²) < 4.78 is 13.2. The van der Waals surface area contributed by atoms with E-state index in [9.17, 15) is 4.79 Å². The van der Waals surface area contributed by atoms with E-state index >= 15 is 0 Å². The summed E-state index contributed by atoms with van der Waals surface area (Å²) in [5, 5.41) is 5.62. The SMILES string of the molecule is COc1ccc2oc(C(=O)N(C)Cc3c(C)nn(-c4ccccc4C)c3C)c(C)c2c1. The first kappa shape index (κ1) is 20.7. The molecular weight excluding hydrogens is 390 g/mol. The maximum Gasteiger partial charge on any atom is 0.289 e. The highest BCUT2D eigenvalue weighted by Crippen LogP contribution is 2.30. The number of methoxy groups -OCH3 is 1. The molecule has 31 heavy (non-hydrogen) atoms. The molecule has 0 aliphatic heterocycles. The molecule has 0 atom stereocenters. The van der Waals surface area contributed by atoms with Crippen LogP contribution in [-0.4, -0.2) is 34.7 Å². The van der Waals surface area contributed by atoms with Crippen molar-refractivity contribution in [3.8, 4) is 11.4 Å². The zero-order valence-electron chi connectivity index (χ0n) is 18.8. The van der Waals surface area contributed by atoms with E-state index in [-0.39, 0.29) is 5.91 Å². The zero-order chi connectivity index (χ0) is 22.3. The Morgan fingerprint density at radius 2 is 1.87 bits per heavy atom. The van der Waals surface area contributed by atoms with E-state index < -0.39 is 0 Å². The van der Waals surface area contributed by atoms with E-state index in [1.807, 2.05) is 55.8 Å². The van der Waals surface area contributed by atoms with Gasteiger partial charge in [-0.05, 0) is 57.5 Å². The minimum Gasteiger partial charge on any atom is -0.497 e. The van der Waals surface area contributed by atoms with Crippen LogP contribution in [0, 0.1) is 27.7 Å². The Balaban J connectivity index is 1.64. The molecule has 0 fully saturated rings. The van der Waals surface area contributed by atoms with Crippen molar-refractivity contribution < 1.29 is 13.9 Å². The number of rotatable bonds is 5. The molecule has 0 bridgehead atoms. The molecule has 1 amide bonds. The number of benzene rings is 2. The number of aromatic nitrogens is 2. The van der Waals surface area contributed by atoms with Crippen LogP contribution in [-0.2, 0) is 6.54 Å². The molecule has 2 aromatic heterocycles. The van der Waals surface area contributed by atoms with Gasteiger partial charge in [0.15, 0.2) is 5.76 Å². The van der Waals surface area contributed by atoms with Crippen molar-refractivity contribution >= 4 is 16.9 Å². The molecular formula is C25H27N3O3. The summed E-state index contributed by atoms with van der Waals surface area (Å²) in [5.74, 6) is 0.932. The number of fused-ring (bicyclic) bond motifs is 1. The average Bonchev–Trinajstić information content (AvgIpc) is 3.24. The number of para-hydroxylation sites is 1. The minimum atomic E-state index is -0.157. The van der Waals surface area contributed by atoms with E-state index in [2.05, 4.69) is 19.1 Å². The van der Waals surface area contributed by atoms with Crippen LogP contribution in [0.5, 0.6) is 5.75 Å². The van der Waals surface area contributed by atoms with Gasteiger partial charge in [0.2, 0.25) is 0 Å². The molecule has 0 unspecified atom stereocenters. The Labute approximate surface area is 182 Å². The van der Waals surface area contributed by atoms with Gasteiger partial charge in [-0.1, -0.05) is 18.2 Å². The molecule has 2 aromatic carbocycles. The fourth-order valence-electron chi connectivity index (χ4n) is 3.95. The van der Waals surface area contributed by atoms with E-state index in [0.717, 1.165) is 44.9 Å². The van der Waals surface area contributed by atoms with Gasteiger partial charge in [-0.3, -0.25) is 4.79 Å². The summed E-state index contributed by atoms with van der Waals surface area (Å²) in [5.41, 5.74) is 6.66. The monoisotopic (exact) mass is 417 g/mol. The molecule has 0 saturated heterocycles. The number of aryl methyl sites for hydroxylation is 3. The molecule has 0 aliphatic rings. The molecule has 0 aliphatic carbocycles. The van der Waals surface area contributed by atoms with Gasteiger partial charge in [0.25, 0.3) is 5.91 Å². The Morgan fingerprint density at radius 1 is 1.13 bits per heavy atom. The zero-order valence-corrected chi connectivity index (χ0v) is 18.8. The second-order valence-corrected chi connectivity index (χ2v) is 7.93. The van der Waals surface area contributed by atoms with Gasteiger partial charge in [-0.15, -0.1) is 0 Å². The number of furan rings is 1. The fourth-order valence-corrected chi connectivity index (χ4v) is 3.95. The van der Waals surface area contributed by atoms with Crippen molar-refractivity contribution in [1.29, 1.82) is 0 Å². The third-order valence-electron chi connectivity index (χ3n) is 5.86. The number of hydrogen-bond donors (Lipinski definition) is 0. The summed E-state index contributed by atoms with van der Waals surface area (Å²) in [6, 6.07) is 13.7. The van der Waals surface area contributed by atoms with Crippen LogP contribution in [0.25, 0.3) is 16.7 Å². The van der Waals surface area contributed by atoms with Gasteiger partial charge >= 0.3 is 0 Å². The lowest BCUT2D eigenvalue weighted by atomic mass is 10.1. The predicted molar refractivity (Wildman–Crippen MR) is 121 cm³/mol. The van der Waals surface area contributed by atoms with Gasteiger partial charge in [-0.25, -0.2) is 4.68 Å². The summed E-state index contributed by atoms with van der Waals surface area (Å²) in [4.78, 5) is 14.9. The van der Waals surface area contributed by atoms with Gasteiger partial charge in [-0.2, -0.15) is 5.10 Å². The molecule has 0 saturated carbocycles. The highest BCUT2D eigenvalue weighted by atomic mass is 16.5. The first-order valence-electron chi connectivity index (χ1n) is 10.3. The number of hydrogen-bond acceptors (Lipinski definition) is 4. The van der Waals surface area contributed by atoms with Crippen LogP contribution in [0.15, 0.2) is 46.9 Å². The molecule has 0 spiro atoms. The summed E-state index contributed by atoms with van der Waals surface area (Å²) >= 11 is 0. The van der Waals surface area contributed by atoms with Crippen molar-refractivity contribution in [2.45, 2.75) is 34.2 Å². The van der Waals surface area contributed by atoms with Crippen LogP contribution >= 0.6 is 0 Å². The predicted octanol–water partition coefficient (Wildman–Crippen LogP) is 5.13. The summed E-state index contributed by atoms with van der Waals surface area (Å²) in [6.45, 7) is 8.44. The number of amides is 1. The van der Waals surface area contributed by atoms with Gasteiger partial charge < -0.3 is 14.1 Å². The van der Waals surface area contributed by atoms with E-state index in [1.165, 1.54) is 0 Å². The number of nitrogens with zero attached hydrogens (tertiary/aromatic N) is 3. The first-order valence-corrected chi connectivity index (χ1v) is 10.3. The van der Waals surface area contributed by atoms with E-state index in [4.69, 9.17) is 14.3 Å². The molecule has 6 nitrogen and oxygen atoms in total. The minimum absolute atomic E-state index is 0.157. The van der Waals surface area contributed by atoms with Crippen LogP contribution in [0.4, 0.5) is 0 Å². The fraction of sp³-hybridized carbons (Fsp3) is 0.280. The molecule has 160 valence electrons. The molecule has 6 heteroatoms. The third kappa shape index (κ3) is 3.58. The molecule has 4 rings (SSSR count). The van der Waals surface area contributed by atoms with Crippen molar-refractivity contribution in [3.63, 3.8) is 0 Å². The highest BCUT2D eigenvalue weighted by molar-refractivity contribution is 5.99. The van der Waals surface area contributed by atoms with Crippen LogP contribution in [0.1, 0.15) is 38.6 Å². The van der Waals surface area contributed by atoms with Crippen LogP contribution < -0.4 is 4.74 Å². The number of ether oxygens (including phenoxy) is 1. The van der Waals surface area contributed by atoms with Crippen molar-refractivity contribution in [1.82, 2.24) is 14.7 Å². The number of carbonyl (C=O) groups is 1. The maximum absolute atomic E-state index is 13.2. The lowest BCUT2D eigenvalue weighted by Gasteiger charge is -2.17. The second-order valence-electron chi connectivity index (χ2n) is 7.93. The highest BCUT2D eigenvalue weighted by Gasteiger charge is 2.24. The van der Waals surface area contributed by atoms with Gasteiger partial charge in [0, 0.05) is 35.8 Å². The number of carbonyl (C=O) groups excluding carboxylic acids is 1. The quantitative estimate of drug-likeness (QED) is 0.451. The Hall–Kier alpha value is -3.54. The standard InChI is InChI=1S/C25H27N3O3/c1-15-9-7-8-10-22(15)28-18(4)21(17(3)26-28)14-27(5)25(29)24-16(2)20-13-19(30-6)11-12-23(20)31-24/h7-13H,14H2,1-6H3. The van der Waals surface area contributed by atoms with E-state index in [1.54, 1.807) is 19.1 Å². The topological polar surface area (TPSA) is 60.5 Å². The lowest BCUT2D eigenvalue weighted by molar-refractivity contribution is 0.0754. The average molecular weight is 418 g/mol. The van der Waals surface area contributed by atoms with Gasteiger partial charge in [0.1, 0.15) is 11.3 Å². The second kappa shape index (κ2) is 7.95.